The summed E-state index contributed by atoms with van der Waals surface area (Å²) in [6.07, 6.45) is 5.15. The van der Waals surface area contributed by atoms with Crippen molar-refractivity contribution in [1.29, 1.82) is 0 Å². The van der Waals surface area contributed by atoms with Crippen molar-refractivity contribution >= 4 is 0 Å². The molecule has 1 heteroatoms. The van der Waals surface area contributed by atoms with Crippen LogP contribution in [-0.2, 0) is 26.2 Å². The standard InChI is InChI=1S/C5H7.Zr/c1-3-5-4-2;/h1,3-5H,2H3;/q-1;. The fourth-order valence-electron chi connectivity index (χ4n) is 0.111. The van der Waals surface area contributed by atoms with E-state index in [0.717, 1.165) is 0 Å². The van der Waals surface area contributed by atoms with Crippen LogP contribution in [0.25, 0.3) is 0 Å². The maximum atomic E-state index is 4.93. The number of allylic oxidation sites excluding steroid dienone is 3. The van der Waals surface area contributed by atoms with Gasteiger partial charge in [-0.25, -0.2) is 12.2 Å². The molecule has 0 saturated heterocycles. The predicted molar refractivity (Wildman–Crippen MR) is 23.7 cm³/mol. The summed E-state index contributed by atoms with van der Waals surface area (Å²) in [5.74, 6) is 0. The molecule has 0 unspecified atom stereocenters. The second-order valence-corrected chi connectivity index (χ2v) is 0.718. The molecule has 0 aromatic rings. The topological polar surface area (TPSA) is 0 Å². The SMILES string of the molecule is [CH-]=CC=CC.[Zr]. The maximum absolute atomic E-state index is 4.93. The molecule has 0 aliphatic rings. The second-order valence-electron chi connectivity index (χ2n) is 0.718. The molecule has 0 aliphatic carbocycles. The molecule has 0 aromatic heterocycles. The van der Waals surface area contributed by atoms with Crippen molar-refractivity contribution < 1.29 is 26.2 Å². The Morgan fingerprint density at radius 1 is 1.50 bits per heavy atom. The minimum Gasteiger partial charge on any atom is -0.293 e. The molecule has 0 rings (SSSR count). The van der Waals surface area contributed by atoms with E-state index >= 15 is 0 Å². The molecular formula is C5H7Zr-. The Balaban J connectivity index is 0. The molecule has 0 heterocycles. The van der Waals surface area contributed by atoms with Crippen LogP contribution >= 0.6 is 0 Å². The summed E-state index contributed by atoms with van der Waals surface area (Å²) in [6, 6.07) is 0. The van der Waals surface area contributed by atoms with Crippen molar-refractivity contribution in [3.8, 4) is 0 Å². The number of hydrogen-bond donors (Lipinski definition) is 0. The Kier molecular flexibility index (Phi) is 14.5. The molecule has 0 amide bonds. The van der Waals surface area contributed by atoms with Gasteiger partial charge in [-0.3, -0.25) is 6.58 Å². The molecule has 0 N–H and O–H groups in total. The fourth-order valence-corrected chi connectivity index (χ4v) is 0.111. The molecule has 0 aromatic carbocycles. The minimum absolute atomic E-state index is 0. The van der Waals surface area contributed by atoms with Gasteiger partial charge in [0.05, 0.1) is 0 Å². The fraction of sp³-hybridized carbons (Fsp3) is 0.200. The Hall–Kier alpha value is 0.363. The van der Waals surface area contributed by atoms with E-state index in [1.807, 2.05) is 13.0 Å². The average Bonchev–Trinajstić information content (AvgIpc) is 1.41. The predicted octanol–water partition coefficient (Wildman–Crippen LogP) is 1.55. The molecule has 0 spiro atoms. The maximum Gasteiger partial charge on any atom is 0 e. The molecule has 6 heavy (non-hydrogen) atoms. The summed E-state index contributed by atoms with van der Waals surface area (Å²) in [7, 11) is 0. The molecule has 0 bridgehead atoms. The van der Waals surface area contributed by atoms with Crippen LogP contribution in [0.1, 0.15) is 6.92 Å². The van der Waals surface area contributed by atoms with Crippen LogP contribution in [0.3, 0.4) is 0 Å². The first-order valence-electron chi connectivity index (χ1n) is 1.58. The molecule has 0 saturated carbocycles. The molecule has 0 atom stereocenters. The van der Waals surface area contributed by atoms with Crippen LogP contribution in [-0.4, -0.2) is 0 Å². The van der Waals surface area contributed by atoms with Gasteiger partial charge in [0.1, 0.15) is 0 Å². The van der Waals surface area contributed by atoms with E-state index in [0.29, 0.717) is 0 Å². The third-order valence-electron chi connectivity index (χ3n) is 0.304. The van der Waals surface area contributed by atoms with Crippen molar-refractivity contribution in [2.24, 2.45) is 0 Å². The minimum atomic E-state index is 0. The van der Waals surface area contributed by atoms with Crippen molar-refractivity contribution in [3.63, 3.8) is 0 Å². The average molecular weight is 158 g/mol. The smallest absolute Gasteiger partial charge is 0 e. The number of rotatable bonds is 1. The van der Waals surface area contributed by atoms with Crippen molar-refractivity contribution in [2.75, 3.05) is 0 Å². The van der Waals surface area contributed by atoms with Gasteiger partial charge in [-0.05, 0) is 0 Å². The quantitative estimate of drug-likeness (QED) is 0.401. The Morgan fingerprint density at radius 2 is 2.00 bits per heavy atom. The van der Waals surface area contributed by atoms with Gasteiger partial charge < -0.3 is 0 Å². The van der Waals surface area contributed by atoms with E-state index in [1.165, 1.54) is 6.08 Å². The first-order chi connectivity index (χ1) is 2.41. The molecule has 0 radical (unpaired) electrons. The van der Waals surface area contributed by atoms with Crippen LogP contribution in [0.15, 0.2) is 18.2 Å². The van der Waals surface area contributed by atoms with Crippen LogP contribution in [0.5, 0.6) is 0 Å². The van der Waals surface area contributed by atoms with Gasteiger partial charge in [0.15, 0.2) is 0 Å². The monoisotopic (exact) mass is 157 g/mol. The van der Waals surface area contributed by atoms with Gasteiger partial charge >= 0.3 is 0 Å². The van der Waals surface area contributed by atoms with E-state index < -0.39 is 0 Å². The van der Waals surface area contributed by atoms with Crippen LogP contribution in [0, 0.1) is 6.58 Å². The number of hydrogen-bond acceptors (Lipinski definition) is 0. The third kappa shape index (κ3) is 8.84. The Morgan fingerprint density at radius 3 is 2.00 bits per heavy atom. The Bertz CT molecular complexity index is 45.9. The zero-order chi connectivity index (χ0) is 4.12. The Labute approximate surface area is 58.1 Å². The molecular weight excluding hydrogens is 151 g/mol. The first kappa shape index (κ1) is 9.61. The molecule has 0 aliphatic heterocycles. The molecule has 0 nitrogen and oxygen atoms in total. The van der Waals surface area contributed by atoms with Crippen molar-refractivity contribution in [2.45, 2.75) is 6.92 Å². The summed E-state index contributed by atoms with van der Waals surface area (Å²) < 4.78 is 0. The van der Waals surface area contributed by atoms with E-state index in [-0.39, 0.29) is 26.2 Å². The summed E-state index contributed by atoms with van der Waals surface area (Å²) in [5, 5.41) is 0. The van der Waals surface area contributed by atoms with E-state index in [9.17, 15) is 0 Å². The van der Waals surface area contributed by atoms with Gasteiger partial charge in [-0.1, -0.05) is 6.92 Å². The van der Waals surface area contributed by atoms with Gasteiger partial charge in [0.2, 0.25) is 0 Å². The molecule has 0 fully saturated rings. The van der Waals surface area contributed by atoms with Gasteiger partial charge in [-0.15, -0.1) is 0 Å². The summed E-state index contributed by atoms with van der Waals surface area (Å²) in [6.45, 7) is 6.85. The van der Waals surface area contributed by atoms with Crippen molar-refractivity contribution in [1.82, 2.24) is 0 Å². The van der Waals surface area contributed by atoms with Crippen LogP contribution < -0.4 is 0 Å². The summed E-state index contributed by atoms with van der Waals surface area (Å²) in [4.78, 5) is 0. The van der Waals surface area contributed by atoms with E-state index in [1.54, 1.807) is 6.08 Å². The van der Waals surface area contributed by atoms with E-state index in [2.05, 4.69) is 0 Å². The van der Waals surface area contributed by atoms with Gasteiger partial charge in [0, 0.05) is 26.2 Å². The van der Waals surface area contributed by atoms with Crippen LogP contribution in [0.2, 0.25) is 0 Å². The third-order valence-corrected chi connectivity index (χ3v) is 0.304. The summed E-state index contributed by atoms with van der Waals surface area (Å²) >= 11 is 0. The summed E-state index contributed by atoms with van der Waals surface area (Å²) in [5.41, 5.74) is 0. The van der Waals surface area contributed by atoms with E-state index in [4.69, 9.17) is 6.58 Å². The molecule has 32 valence electrons. The normalized spacial score (nSPS) is 7.50. The van der Waals surface area contributed by atoms with Crippen LogP contribution in [0.4, 0.5) is 0 Å². The second kappa shape index (κ2) is 9.03. The first-order valence-corrected chi connectivity index (χ1v) is 1.58. The van der Waals surface area contributed by atoms with Gasteiger partial charge in [-0.2, -0.15) is 6.08 Å². The van der Waals surface area contributed by atoms with Crippen molar-refractivity contribution in [3.05, 3.63) is 24.8 Å². The zero-order valence-corrected chi connectivity index (χ0v) is 6.27. The zero-order valence-electron chi connectivity index (χ0n) is 3.81. The van der Waals surface area contributed by atoms with Gasteiger partial charge in [0.25, 0.3) is 0 Å². The largest absolute Gasteiger partial charge is 0.293 e.